The second-order valence-corrected chi connectivity index (χ2v) is 5.77. The Morgan fingerprint density at radius 1 is 0.905 bits per heavy atom. The highest BCUT2D eigenvalue weighted by Crippen LogP contribution is 2.27. The van der Waals surface area contributed by atoms with E-state index in [2.05, 4.69) is 63.3 Å². The maximum Gasteiger partial charge on any atom is 0.123 e. The molecule has 2 aromatic rings. The Bertz CT molecular complexity index is 586. The van der Waals surface area contributed by atoms with Gasteiger partial charge in [-0.2, -0.15) is 0 Å². The zero-order valence-corrected chi connectivity index (χ0v) is 13.6. The molecular weight excluding hydrogens is 258 g/mol. The molecule has 112 valence electrons. The van der Waals surface area contributed by atoms with Gasteiger partial charge in [-0.3, -0.25) is 0 Å². The summed E-state index contributed by atoms with van der Waals surface area (Å²) >= 11 is 0. The van der Waals surface area contributed by atoms with E-state index in [0.717, 1.165) is 5.75 Å². The van der Waals surface area contributed by atoms with Crippen molar-refractivity contribution in [2.24, 2.45) is 0 Å². The second kappa shape index (κ2) is 6.77. The van der Waals surface area contributed by atoms with Gasteiger partial charge in [0, 0.05) is 17.6 Å². The predicted molar refractivity (Wildman–Crippen MR) is 88.9 cm³/mol. The molecule has 0 aliphatic heterocycles. The average Bonchev–Trinajstić information content (AvgIpc) is 2.46. The summed E-state index contributed by atoms with van der Waals surface area (Å²) in [5.74, 6) is 0.935. The highest BCUT2D eigenvalue weighted by molar-refractivity contribution is 5.36. The lowest BCUT2D eigenvalue weighted by molar-refractivity contribution is 0.396. The summed E-state index contributed by atoms with van der Waals surface area (Å²) in [6.45, 7) is 8.68. The molecule has 0 bridgehead atoms. The molecule has 2 aromatic carbocycles. The Balaban J connectivity index is 2.16. The largest absolute Gasteiger partial charge is 0.496 e. The van der Waals surface area contributed by atoms with Gasteiger partial charge < -0.3 is 10.1 Å². The fourth-order valence-corrected chi connectivity index (χ4v) is 2.85. The van der Waals surface area contributed by atoms with Crippen molar-refractivity contribution in [3.8, 4) is 5.75 Å². The summed E-state index contributed by atoms with van der Waals surface area (Å²) in [6, 6.07) is 15.4. The van der Waals surface area contributed by atoms with Crippen LogP contribution in [-0.2, 0) is 0 Å². The van der Waals surface area contributed by atoms with Gasteiger partial charge in [0.05, 0.1) is 7.11 Å². The molecule has 2 atom stereocenters. The van der Waals surface area contributed by atoms with Gasteiger partial charge in [-0.1, -0.05) is 47.5 Å². The SMILES string of the molecule is COc1ccccc1[C@H](C)NC(C)c1cc(C)cc(C)c1. The Labute approximate surface area is 128 Å². The van der Waals surface area contributed by atoms with E-state index in [9.17, 15) is 0 Å². The Morgan fingerprint density at radius 3 is 2.14 bits per heavy atom. The molecule has 0 saturated heterocycles. The average molecular weight is 283 g/mol. The number of aryl methyl sites for hydroxylation is 2. The fourth-order valence-electron chi connectivity index (χ4n) is 2.85. The van der Waals surface area contributed by atoms with Crippen molar-refractivity contribution in [2.75, 3.05) is 7.11 Å². The van der Waals surface area contributed by atoms with Crippen LogP contribution in [-0.4, -0.2) is 7.11 Å². The van der Waals surface area contributed by atoms with E-state index >= 15 is 0 Å². The number of hydrogen-bond acceptors (Lipinski definition) is 2. The lowest BCUT2D eigenvalue weighted by Crippen LogP contribution is -2.23. The van der Waals surface area contributed by atoms with Crippen LogP contribution in [0.15, 0.2) is 42.5 Å². The lowest BCUT2D eigenvalue weighted by Gasteiger charge is -2.23. The number of hydrogen-bond donors (Lipinski definition) is 1. The zero-order valence-electron chi connectivity index (χ0n) is 13.6. The predicted octanol–water partition coefficient (Wildman–Crippen LogP) is 4.72. The maximum atomic E-state index is 5.45. The lowest BCUT2D eigenvalue weighted by atomic mass is 10.0. The van der Waals surface area contributed by atoms with Crippen molar-refractivity contribution < 1.29 is 4.74 Å². The Morgan fingerprint density at radius 2 is 1.52 bits per heavy atom. The molecule has 21 heavy (non-hydrogen) atoms. The van der Waals surface area contributed by atoms with Crippen LogP contribution >= 0.6 is 0 Å². The van der Waals surface area contributed by atoms with Gasteiger partial charge in [-0.15, -0.1) is 0 Å². The molecule has 1 unspecified atom stereocenters. The summed E-state index contributed by atoms with van der Waals surface area (Å²) in [6.07, 6.45) is 0. The first-order chi connectivity index (χ1) is 10.0. The summed E-state index contributed by atoms with van der Waals surface area (Å²) in [7, 11) is 1.72. The number of methoxy groups -OCH3 is 1. The number of rotatable bonds is 5. The van der Waals surface area contributed by atoms with Crippen LogP contribution < -0.4 is 10.1 Å². The molecule has 2 rings (SSSR count). The molecule has 0 saturated carbocycles. The first-order valence-corrected chi connectivity index (χ1v) is 7.48. The van der Waals surface area contributed by atoms with Crippen LogP contribution in [0.25, 0.3) is 0 Å². The van der Waals surface area contributed by atoms with Crippen LogP contribution in [0.5, 0.6) is 5.75 Å². The van der Waals surface area contributed by atoms with Crippen LogP contribution in [0.4, 0.5) is 0 Å². The topological polar surface area (TPSA) is 21.3 Å². The van der Waals surface area contributed by atoms with Crippen LogP contribution in [0.1, 0.15) is 48.2 Å². The van der Waals surface area contributed by atoms with Gasteiger partial charge in [0.2, 0.25) is 0 Å². The molecule has 0 radical (unpaired) electrons. The summed E-state index contributed by atoms with van der Waals surface area (Å²) in [5, 5.41) is 3.66. The van der Waals surface area contributed by atoms with Gasteiger partial charge in [-0.05, 0) is 39.3 Å². The van der Waals surface area contributed by atoms with E-state index in [1.165, 1.54) is 22.3 Å². The number of benzene rings is 2. The maximum absolute atomic E-state index is 5.45. The monoisotopic (exact) mass is 283 g/mol. The van der Waals surface area contributed by atoms with Crippen molar-refractivity contribution in [3.05, 3.63) is 64.7 Å². The zero-order chi connectivity index (χ0) is 15.4. The number of nitrogens with one attached hydrogen (secondary N) is 1. The van der Waals surface area contributed by atoms with Crippen molar-refractivity contribution in [1.82, 2.24) is 5.32 Å². The summed E-state index contributed by atoms with van der Waals surface area (Å²) in [5.41, 5.74) is 5.14. The van der Waals surface area contributed by atoms with Gasteiger partial charge in [-0.25, -0.2) is 0 Å². The van der Waals surface area contributed by atoms with Gasteiger partial charge in [0.15, 0.2) is 0 Å². The fraction of sp³-hybridized carbons (Fsp3) is 0.368. The van der Waals surface area contributed by atoms with Gasteiger partial charge in [0.1, 0.15) is 5.75 Å². The molecule has 0 spiro atoms. The van der Waals surface area contributed by atoms with Crippen LogP contribution in [0.2, 0.25) is 0 Å². The smallest absolute Gasteiger partial charge is 0.123 e. The normalized spacial score (nSPS) is 13.8. The second-order valence-electron chi connectivity index (χ2n) is 5.77. The highest BCUT2D eigenvalue weighted by atomic mass is 16.5. The molecule has 0 amide bonds. The third-order valence-corrected chi connectivity index (χ3v) is 3.85. The molecule has 2 nitrogen and oxygen atoms in total. The highest BCUT2D eigenvalue weighted by Gasteiger charge is 2.14. The van der Waals surface area contributed by atoms with Crippen molar-refractivity contribution in [3.63, 3.8) is 0 Å². The quantitative estimate of drug-likeness (QED) is 0.857. The van der Waals surface area contributed by atoms with E-state index in [1.54, 1.807) is 7.11 Å². The molecule has 0 aliphatic carbocycles. The summed E-state index contributed by atoms with van der Waals surface area (Å²) < 4.78 is 5.45. The molecule has 0 aromatic heterocycles. The van der Waals surface area contributed by atoms with E-state index in [4.69, 9.17) is 4.74 Å². The Kier molecular flexibility index (Phi) is 5.03. The van der Waals surface area contributed by atoms with Crippen molar-refractivity contribution >= 4 is 0 Å². The van der Waals surface area contributed by atoms with Crippen molar-refractivity contribution in [2.45, 2.75) is 39.8 Å². The van der Waals surface area contributed by atoms with Gasteiger partial charge in [0.25, 0.3) is 0 Å². The van der Waals surface area contributed by atoms with Crippen molar-refractivity contribution in [1.29, 1.82) is 0 Å². The Hall–Kier alpha value is -1.80. The van der Waals surface area contributed by atoms with E-state index in [-0.39, 0.29) is 6.04 Å². The molecule has 0 fully saturated rings. The minimum absolute atomic E-state index is 0.233. The third kappa shape index (κ3) is 3.85. The molecule has 0 heterocycles. The number of ether oxygens (including phenoxy) is 1. The minimum atomic E-state index is 0.233. The third-order valence-electron chi connectivity index (χ3n) is 3.85. The van der Waals surface area contributed by atoms with E-state index in [1.807, 2.05) is 12.1 Å². The van der Waals surface area contributed by atoms with Crippen LogP contribution in [0, 0.1) is 13.8 Å². The molecule has 1 N–H and O–H groups in total. The first kappa shape index (κ1) is 15.6. The number of para-hydroxylation sites is 1. The van der Waals surface area contributed by atoms with E-state index in [0.29, 0.717) is 6.04 Å². The van der Waals surface area contributed by atoms with Gasteiger partial charge >= 0.3 is 0 Å². The molecule has 0 aliphatic rings. The molecular formula is C19H25NO. The standard InChI is InChI=1S/C19H25NO/c1-13-10-14(2)12-17(11-13)15(3)20-16(4)18-8-6-7-9-19(18)21-5/h6-12,15-16,20H,1-5H3/t15?,16-/m0/s1. The van der Waals surface area contributed by atoms with E-state index < -0.39 is 0 Å². The van der Waals surface area contributed by atoms with Crippen LogP contribution in [0.3, 0.4) is 0 Å². The first-order valence-electron chi connectivity index (χ1n) is 7.48. The summed E-state index contributed by atoms with van der Waals surface area (Å²) in [4.78, 5) is 0. The molecule has 2 heteroatoms. The minimum Gasteiger partial charge on any atom is -0.496 e.